The highest BCUT2D eigenvalue weighted by molar-refractivity contribution is 5.43. The van der Waals surface area contributed by atoms with E-state index in [1.165, 1.54) is 96.3 Å². The van der Waals surface area contributed by atoms with Crippen LogP contribution in [-0.4, -0.2) is 0 Å². The lowest BCUT2D eigenvalue weighted by Gasteiger charge is -2.30. The summed E-state index contributed by atoms with van der Waals surface area (Å²) in [6.45, 7) is 0. The van der Waals surface area contributed by atoms with Gasteiger partial charge in [0.05, 0.1) is 0 Å². The molecule has 3 saturated carbocycles. The Morgan fingerprint density at radius 2 is 0.870 bits per heavy atom. The predicted molar refractivity (Wildman–Crippen MR) is 99.4 cm³/mol. The second-order valence-electron chi connectivity index (χ2n) is 8.89. The van der Waals surface area contributed by atoms with Gasteiger partial charge in [-0.3, -0.25) is 0 Å². The predicted octanol–water partition coefficient (Wildman–Crippen LogP) is 7.21. The Labute approximate surface area is 143 Å². The second kappa shape index (κ2) is 7.58. The Morgan fingerprint density at radius 3 is 1.30 bits per heavy atom. The van der Waals surface area contributed by atoms with Crippen LogP contribution in [0.1, 0.15) is 96.3 Å². The van der Waals surface area contributed by atoms with Crippen LogP contribution in [0.5, 0.6) is 0 Å². The molecule has 128 valence electrons. The topological polar surface area (TPSA) is 0 Å². The van der Waals surface area contributed by atoms with Crippen molar-refractivity contribution in [1.82, 2.24) is 0 Å². The molecule has 0 saturated heterocycles. The minimum absolute atomic E-state index is 0.809. The lowest BCUT2D eigenvalue weighted by molar-refractivity contribution is 0.318. The van der Waals surface area contributed by atoms with E-state index in [9.17, 15) is 0 Å². The van der Waals surface area contributed by atoms with Gasteiger partial charge >= 0.3 is 0 Å². The van der Waals surface area contributed by atoms with Crippen molar-refractivity contribution in [3.05, 3.63) is 23.3 Å². The molecule has 4 rings (SSSR count). The van der Waals surface area contributed by atoms with Crippen molar-refractivity contribution in [2.75, 3.05) is 0 Å². The fourth-order valence-corrected chi connectivity index (χ4v) is 6.02. The van der Waals surface area contributed by atoms with Gasteiger partial charge in [0, 0.05) is 0 Å². The molecule has 3 fully saturated rings. The molecule has 0 unspecified atom stereocenters. The average molecular weight is 313 g/mol. The molecule has 0 N–H and O–H groups in total. The van der Waals surface area contributed by atoms with E-state index in [-0.39, 0.29) is 0 Å². The summed E-state index contributed by atoms with van der Waals surface area (Å²) in [6.07, 6.45) is 27.8. The zero-order valence-corrected chi connectivity index (χ0v) is 15.1. The zero-order valence-electron chi connectivity index (χ0n) is 15.1. The van der Waals surface area contributed by atoms with Crippen molar-refractivity contribution in [3.63, 3.8) is 0 Å². The minimum Gasteiger partial charge on any atom is -0.0736 e. The molecule has 0 radical (unpaired) electrons. The van der Waals surface area contributed by atoms with Crippen LogP contribution >= 0.6 is 0 Å². The molecule has 0 aromatic carbocycles. The van der Waals surface area contributed by atoms with Gasteiger partial charge in [-0.1, -0.05) is 69.9 Å². The van der Waals surface area contributed by atoms with Crippen molar-refractivity contribution in [1.29, 1.82) is 0 Å². The fourth-order valence-electron chi connectivity index (χ4n) is 6.02. The number of hydrogen-bond acceptors (Lipinski definition) is 0. The fraction of sp³-hybridized carbons (Fsp3) is 0.826. The number of allylic oxidation sites excluding steroid dienone is 4. The smallest absolute Gasteiger partial charge is 0.00131 e. The third-order valence-electron chi connectivity index (χ3n) is 7.36. The summed E-state index contributed by atoms with van der Waals surface area (Å²) in [6, 6.07) is 0. The molecule has 0 aromatic heterocycles. The summed E-state index contributed by atoms with van der Waals surface area (Å²) >= 11 is 0. The third kappa shape index (κ3) is 3.62. The van der Waals surface area contributed by atoms with Gasteiger partial charge in [-0.05, 0) is 73.3 Å². The Hall–Kier alpha value is -0.520. The van der Waals surface area contributed by atoms with Crippen LogP contribution < -0.4 is 0 Å². The largest absolute Gasteiger partial charge is 0.0736 e. The van der Waals surface area contributed by atoms with E-state index >= 15 is 0 Å². The van der Waals surface area contributed by atoms with E-state index in [0.29, 0.717) is 0 Å². The van der Waals surface area contributed by atoms with Gasteiger partial charge in [0.1, 0.15) is 0 Å². The first-order valence-corrected chi connectivity index (χ1v) is 10.9. The first-order chi connectivity index (χ1) is 11.4. The zero-order chi connectivity index (χ0) is 15.5. The molecule has 4 aliphatic rings. The lowest BCUT2D eigenvalue weighted by Crippen LogP contribution is -2.16. The summed E-state index contributed by atoms with van der Waals surface area (Å²) < 4.78 is 0. The van der Waals surface area contributed by atoms with Crippen LogP contribution in [0.15, 0.2) is 23.3 Å². The molecule has 0 atom stereocenters. The van der Waals surface area contributed by atoms with Gasteiger partial charge in [-0.2, -0.15) is 0 Å². The van der Waals surface area contributed by atoms with E-state index < -0.39 is 0 Å². The second-order valence-corrected chi connectivity index (χ2v) is 8.89. The maximum absolute atomic E-state index is 2.79. The summed E-state index contributed by atoms with van der Waals surface area (Å²) in [5, 5.41) is 0. The molecule has 4 aliphatic carbocycles. The van der Waals surface area contributed by atoms with Gasteiger partial charge in [-0.15, -0.1) is 0 Å². The van der Waals surface area contributed by atoms with E-state index in [1.807, 2.05) is 11.1 Å². The first-order valence-electron chi connectivity index (χ1n) is 10.9. The Morgan fingerprint density at radius 1 is 0.478 bits per heavy atom. The van der Waals surface area contributed by atoms with E-state index in [0.717, 1.165) is 23.7 Å². The summed E-state index contributed by atoms with van der Waals surface area (Å²) in [5.41, 5.74) is 3.71. The van der Waals surface area contributed by atoms with Crippen LogP contribution in [-0.2, 0) is 0 Å². The van der Waals surface area contributed by atoms with Crippen LogP contribution in [0.3, 0.4) is 0 Å². The standard InChI is InChI=1S/C23H36/c1-4-10-18(11-5-1)21-16-22(19-12-6-2-7-13-19)23(17-21)20-14-8-3-9-15-20/h16-21H,1-15H2. The monoisotopic (exact) mass is 312 g/mol. The SMILES string of the molecule is C1=C(C2CCCCC2)C(C2CCCCC2)=CC1C1CCCCC1. The third-order valence-corrected chi connectivity index (χ3v) is 7.36. The van der Waals surface area contributed by atoms with E-state index in [4.69, 9.17) is 0 Å². The molecule has 0 heterocycles. The molecule has 0 amide bonds. The van der Waals surface area contributed by atoms with Crippen LogP contribution in [0.4, 0.5) is 0 Å². The van der Waals surface area contributed by atoms with E-state index in [1.54, 1.807) is 0 Å². The molecule has 0 aromatic rings. The molecular formula is C23H36. The van der Waals surface area contributed by atoms with Gasteiger partial charge in [0.15, 0.2) is 0 Å². The maximum atomic E-state index is 2.79. The van der Waals surface area contributed by atoms with Crippen molar-refractivity contribution < 1.29 is 0 Å². The molecule has 0 bridgehead atoms. The molecular weight excluding hydrogens is 276 g/mol. The summed E-state index contributed by atoms with van der Waals surface area (Å²) in [5.74, 6) is 3.63. The quantitative estimate of drug-likeness (QED) is 0.516. The van der Waals surface area contributed by atoms with Crippen LogP contribution in [0.2, 0.25) is 0 Å². The normalized spacial score (nSPS) is 29.6. The summed E-state index contributed by atoms with van der Waals surface area (Å²) in [4.78, 5) is 0. The number of hydrogen-bond donors (Lipinski definition) is 0. The molecule has 23 heavy (non-hydrogen) atoms. The van der Waals surface area contributed by atoms with E-state index in [2.05, 4.69) is 12.2 Å². The Kier molecular flexibility index (Phi) is 5.26. The van der Waals surface area contributed by atoms with Gasteiger partial charge in [-0.25, -0.2) is 0 Å². The minimum atomic E-state index is 0.809. The number of rotatable bonds is 3. The Balaban J connectivity index is 1.55. The molecule has 0 spiro atoms. The van der Waals surface area contributed by atoms with Crippen molar-refractivity contribution in [3.8, 4) is 0 Å². The molecule has 0 aliphatic heterocycles. The highest BCUT2D eigenvalue weighted by Gasteiger charge is 2.33. The lowest BCUT2D eigenvalue weighted by atomic mass is 9.75. The highest BCUT2D eigenvalue weighted by atomic mass is 14.4. The van der Waals surface area contributed by atoms with Crippen molar-refractivity contribution in [2.45, 2.75) is 96.3 Å². The van der Waals surface area contributed by atoms with Crippen LogP contribution in [0.25, 0.3) is 0 Å². The highest BCUT2D eigenvalue weighted by Crippen LogP contribution is 2.47. The van der Waals surface area contributed by atoms with Gasteiger partial charge in [0.2, 0.25) is 0 Å². The van der Waals surface area contributed by atoms with Gasteiger partial charge < -0.3 is 0 Å². The average Bonchev–Trinajstić information content (AvgIpc) is 3.09. The molecule has 0 nitrogen and oxygen atoms in total. The summed E-state index contributed by atoms with van der Waals surface area (Å²) in [7, 11) is 0. The first kappa shape index (κ1) is 16.0. The Bertz CT molecular complexity index is 403. The maximum Gasteiger partial charge on any atom is -0.00131 e. The van der Waals surface area contributed by atoms with Crippen molar-refractivity contribution >= 4 is 0 Å². The molecule has 0 heteroatoms. The van der Waals surface area contributed by atoms with Crippen LogP contribution in [0, 0.1) is 23.7 Å². The van der Waals surface area contributed by atoms with Crippen molar-refractivity contribution in [2.24, 2.45) is 23.7 Å². The van der Waals surface area contributed by atoms with Gasteiger partial charge in [0.25, 0.3) is 0 Å².